The third kappa shape index (κ3) is 3.43. The van der Waals surface area contributed by atoms with E-state index in [1.165, 1.54) is 0 Å². The van der Waals surface area contributed by atoms with Crippen molar-refractivity contribution in [3.63, 3.8) is 0 Å². The molecule has 1 aliphatic rings. The van der Waals surface area contributed by atoms with Crippen molar-refractivity contribution in [3.05, 3.63) is 59.9 Å². The SMILES string of the molecule is COc1ccccc1C(=O)N1CCCN(C(=O)c2ccc3nc[nH]c3c2)CC1. The molecule has 7 heteroatoms. The van der Waals surface area contributed by atoms with E-state index in [1.54, 1.807) is 36.5 Å². The predicted octanol–water partition coefficient (Wildman–Crippen LogP) is 2.56. The van der Waals surface area contributed by atoms with E-state index < -0.39 is 0 Å². The Morgan fingerprint density at radius 1 is 1.00 bits per heavy atom. The van der Waals surface area contributed by atoms with Gasteiger partial charge in [0.25, 0.3) is 11.8 Å². The molecule has 0 spiro atoms. The quantitative estimate of drug-likeness (QED) is 0.760. The molecule has 0 saturated carbocycles. The number of benzene rings is 2. The van der Waals surface area contributed by atoms with Crippen molar-refractivity contribution in [1.82, 2.24) is 19.8 Å². The Bertz CT molecular complexity index is 1010. The third-order valence-electron chi connectivity index (χ3n) is 5.07. The summed E-state index contributed by atoms with van der Waals surface area (Å²) in [6.45, 7) is 2.23. The van der Waals surface area contributed by atoms with Gasteiger partial charge in [-0.25, -0.2) is 4.98 Å². The molecule has 1 aliphatic heterocycles. The van der Waals surface area contributed by atoms with Crippen LogP contribution >= 0.6 is 0 Å². The molecule has 1 fully saturated rings. The van der Waals surface area contributed by atoms with Crippen molar-refractivity contribution in [2.24, 2.45) is 0 Å². The van der Waals surface area contributed by atoms with E-state index >= 15 is 0 Å². The highest BCUT2D eigenvalue weighted by atomic mass is 16.5. The number of hydrogen-bond donors (Lipinski definition) is 1. The number of H-pyrrole nitrogens is 1. The van der Waals surface area contributed by atoms with Gasteiger partial charge in [-0.2, -0.15) is 0 Å². The van der Waals surface area contributed by atoms with Crippen LogP contribution in [-0.4, -0.2) is 64.9 Å². The van der Waals surface area contributed by atoms with Crippen LogP contribution in [0.3, 0.4) is 0 Å². The predicted molar refractivity (Wildman–Crippen MR) is 106 cm³/mol. The molecule has 2 aromatic carbocycles. The first-order chi connectivity index (χ1) is 13.7. The molecule has 144 valence electrons. The molecule has 1 aromatic heterocycles. The number of hydrogen-bond acceptors (Lipinski definition) is 4. The van der Waals surface area contributed by atoms with Crippen molar-refractivity contribution in [3.8, 4) is 5.75 Å². The first-order valence-electron chi connectivity index (χ1n) is 9.32. The summed E-state index contributed by atoms with van der Waals surface area (Å²) in [5.74, 6) is 0.478. The van der Waals surface area contributed by atoms with Crippen LogP contribution in [-0.2, 0) is 0 Å². The van der Waals surface area contributed by atoms with Gasteiger partial charge < -0.3 is 19.5 Å². The number of aromatic nitrogens is 2. The fourth-order valence-electron chi connectivity index (χ4n) is 3.57. The highest BCUT2D eigenvalue weighted by molar-refractivity contribution is 5.98. The number of amides is 2. The standard InChI is InChI=1S/C21H22N4O3/c1-28-19-6-3-2-5-16(19)21(27)25-10-4-9-24(11-12-25)20(26)15-7-8-17-18(13-15)23-14-22-17/h2-3,5-8,13-14H,4,9-12H2,1H3,(H,22,23). The van der Waals surface area contributed by atoms with Gasteiger partial charge in [-0.15, -0.1) is 0 Å². The number of fused-ring (bicyclic) bond motifs is 1. The minimum atomic E-state index is -0.0642. The number of aromatic amines is 1. The summed E-state index contributed by atoms with van der Waals surface area (Å²) in [7, 11) is 1.56. The van der Waals surface area contributed by atoms with Crippen molar-refractivity contribution < 1.29 is 14.3 Å². The lowest BCUT2D eigenvalue weighted by molar-refractivity contribution is 0.0717. The Labute approximate surface area is 162 Å². The van der Waals surface area contributed by atoms with E-state index in [-0.39, 0.29) is 11.8 Å². The maximum atomic E-state index is 12.9. The van der Waals surface area contributed by atoms with E-state index in [1.807, 2.05) is 29.2 Å². The Balaban J connectivity index is 1.47. The van der Waals surface area contributed by atoms with E-state index in [4.69, 9.17) is 4.74 Å². The van der Waals surface area contributed by atoms with E-state index in [9.17, 15) is 9.59 Å². The Morgan fingerprint density at radius 3 is 2.54 bits per heavy atom. The van der Waals surface area contributed by atoms with Crippen molar-refractivity contribution in [2.75, 3.05) is 33.3 Å². The number of ether oxygens (including phenoxy) is 1. The molecule has 0 aliphatic carbocycles. The molecule has 0 radical (unpaired) electrons. The lowest BCUT2D eigenvalue weighted by Gasteiger charge is -2.23. The number of imidazole rings is 1. The Hall–Kier alpha value is -3.35. The van der Waals surface area contributed by atoms with Gasteiger partial charge >= 0.3 is 0 Å². The van der Waals surface area contributed by atoms with Crippen molar-refractivity contribution in [2.45, 2.75) is 6.42 Å². The first kappa shape index (κ1) is 18.0. The summed E-state index contributed by atoms with van der Waals surface area (Å²) in [6.07, 6.45) is 2.35. The van der Waals surface area contributed by atoms with E-state index in [0.717, 1.165) is 17.5 Å². The van der Waals surface area contributed by atoms with Crippen molar-refractivity contribution >= 4 is 22.8 Å². The Kier molecular flexibility index (Phi) is 4.97. The maximum Gasteiger partial charge on any atom is 0.257 e. The average molecular weight is 378 g/mol. The highest BCUT2D eigenvalue weighted by Crippen LogP contribution is 2.21. The molecule has 7 nitrogen and oxygen atoms in total. The average Bonchev–Trinajstić information content (AvgIpc) is 3.07. The number of nitrogens with one attached hydrogen (secondary N) is 1. The van der Waals surface area contributed by atoms with Gasteiger partial charge in [0.2, 0.25) is 0 Å². The van der Waals surface area contributed by atoms with Crippen LogP contribution in [0.25, 0.3) is 11.0 Å². The molecule has 4 rings (SSSR count). The van der Waals surface area contributed by atoms with Gasteiger partial charge in [-0.05, 0) is 36.8 Å². The lowest BCUT2D eigenvalue weighted by atomic mass is 10.1. The fourth-order valence-corrected chi connectivity index (χ4v) is 3.57. The summed E-state index contributed by atoms with van der Waals surface area (Å²) in [6, 6.07) is 12.7. The summed E-state index contributed by atoms with van der Waals surface area (Å²) < 4.78 is 5.31. The minimum absolute atomic E-state index is 0.0249. The number of carbonyl (C=O) groups excluding carboxylic acids is 2. The Morgan fingerprint density at radius 2 is 1.75 bits per heavy atom. The van der Waals surface area contributed by atoms with Gasteiger partial charge in [0.15, 0.2) is 0 Å². The molecule has 2 heterocycles. The summed E-state index contributed by atoms with van der Waals surface area (Å²) in [5.41, 5.74) is 2.85. The number of carbonyl (C=O) groups is 2. The first-order valence-corrected chi connectivity index (χ1v) is 9.32. The summed E-state index contributed by atoms with van der Waals surface area (Å²) in [5, 5.41) is 0. The van der Waals surface area contributed by atoms with Crippen LogP contribution in [0.5, 0.6) is 5.75 Å². The zero-order valence-corrected chi connectivity index (χ0v) is 15.7. The zero-order chi connectivity index (χ0) is 19.5. The molecule has 2 amide bonds. The molecule has 3 aromatic rings. The molecule has 1 N–H and O–H groups in total. The van der Waals surface area contributed by atoms with E-state index in [2.05, 4.69) is 9.97 Å². The molecule has 0 atom stereocenters. The summed E-state index contributed by atoms with van der Waals surface area (Å²) in [4.78, 5) is 36.7. The second-order valence-electron chi connectivity index (χ2n) is 6.77. The fraction of sp³-hybridized carbons (Fsp3) is 0.286. The third-order valence-corrected chi connectivity index (χ3v) is 5.07. The second kappa shape index (κ2) is 7.72. The summed E-state index contributed by atoms with van der Waals surface area (Å²) >= 11 is 0. The zero-order valence-electron chi connectivity index (χ0n) is 15.7. The van der Waals surface area contributed by atoms with Crippen LogP contribution < -0.4 is 4.74 Å². The van der Waals surface area contributed by atoms with Gasteiger partial charge in [-0.3, -0.25) is 9.59 Å². The highest BCUT2D eigenvalue weighted by Gasteiger charge is 2.25. The van der Waals surface area contributed by atoms with Crippen molar-refractivity contribution in [1.29, 1.82) is 0 Å². The molecular weight excluding hydrogens is 356 g/mol. The number of para-hydroxylation sites is 1. The normalized spacial score (nSPS) is 14.8. The molecule has 0 bridgehead atoms. The number of methoxy groups -OCH3 is 1. The smallest absolute Gasteiger partial charge is 0.257 e. The monoisotopic (exact) mass is 378 g/mol. The number of rotatable bonds is 3. The van der Waals surface area contributed by atoms with Crippen LogP contribution in [0, 0.1) is 0 Å². The van der Waals surface area contributed by atoms with Gasteiger partial charge in [0.05, 0.1) is 30.0 Å². The molecule has 0 unspecified atom stereocenters. The second-order valence-corrected chi connectivity index (χ2v) is 6.77. The molecular formula is C21H22N4O3. The topological polar surface area (TPSA) is 78.5 Å². The molecule has 28 heavy (non-hydrogen) atoms. The van der Waals surface area contributed by atoms with Crippen LogP contribution in [0.2, 0.25) is 0 Å². The van der Waals surface area contributed by atoms with Crippen LogP contribution in [0.15, 0.2) is 48.8 Å². The van der Waals surface area contributed by atoms with E-state index in [0.29, 0.717) is 43.1 Å². The minimum Gasteiger partial charge on any atom is -0.496 e. The largest absolute Gasteiger partial charge is 0.496 e. The van der Waals surface area contributed by atoms with Crippen LogP contribution in [0.1, 0.15) is 27.1 Å². The lowest BCUT2D eigenvalue weighted by Crippen LogP contribution is -2.37. The van der Waals surface area contributed by atoms with Gasteiger partial charge in [0.1, 0.15) is 5.75 Å². The number of nitrogens with zero attached hydrogens (tertiary/aromatic N) is 3. The van der Waals surface area contributed by atoms with Gasteiger partial charge in [0, 0.05) is 31.7 Å². The molecule has 1 saturated heterocycles. The van der Waals surface area contributed by atoms with Crippen LogP contribution in [0.4, 0.5) is 0 Å². The van der Waals surface area contributed by atoms with Gasteiger partial charge in [-0.1, -0.05) is 12.1 Å². The maximum absolute atomic E-state index is 12.9.